The molecule has 0 bridgehead atoms. The second kappa shape index (κ2) is 9.72. The van der Waals surface area contributed by atoms with Crippen molar-refractivity contribution in [2.45, 2.75) is 37.1 Å². The van der Waals surface area contributed by atoms with Gasteiger partial charge < -0.3 is 5.32 Å². The Bertz CT molecular complexity index is 1090. The highest BCUT2D eigenvalue weighted by molar-refractivity contribution is 7.90. The largest absolute Gasteiger partial charge is 0.345 e. The summed E-state index contributed by atoms with van der Waals surface area (Å²) in [5.74, 6) is -0.258. The van der Waals surface area contributed by atoms with Crippen LogP contribution in [0, 0.1) is 6.92 Å². The van der Waals surface area contributed by atoms with Crippen LogP contribution in [0.25, 0.3) is 0 Å². The molecular weight excluding hydrogens is 394 g/mol. The first-order valence-electron chi connectivity index (χ1n) is 10.0. The Balaban J connectivity index is 1.78. The summed E-state index contributed by atoms with van der Waals surface area (Å²) in [4.78, 5) is 13.2. The Labute approximate surface area is 178 Å². The van der Waals surface area contributed by atoms with Crippen LogP contribution in [0.15, 0.2) is 83.8 Å². The normalized spacial score (nSPS) is 12.3. The summed E-state index contributed by atoms with van der Waals surface area (Å²) in [7, 11) is -3.38. The van der Waals surface area contributed by atoms with Crippen LogP contribution in [-0.4, -0.2) is 20.6 Å². The van der Waals surface area contributed by atoms with Gasteiger partial charge in [0.25, 0.3) is 5.91 Å². The second-order valence-corrected chi connectivity index (χ2v) is 9.58. The molecule has 3 aromatic rings. The number of rotatable bonds is 8. The molecule has 0 fully saturated rings. The van der Waals surface area contributed by atoms with Gasteiger partial charge in [0, 0.05) is 11.8 Å². The molecule has 0 saturated heterocycles. The van der Waals surface area contributed by atoms with Crippen LogP contribution >= 0.6 is 0 Å². The molecule has 0 radical (unpaired) electrons. The number of amides is 1. The highest BCUT2D eigenvalue weighted by atomic mass is 32.2. The Hall–Kier alpha value is -2.92. The predicted molar refractivity (Wildman–Crippen MR) is 120 cm³/mol. The zero-order chi connectivity index (χ0) is 21.6. The topological polar surface area (TPSA) is 63.2 Å². The van der Waals surface area contributed by atoms with Gasteiger partial charge >= 0.3 is 0 Å². The molecule has 30 heavy (non-hydrogen) atoms. The molecule has 1 N–H and O–H groups in total. The lowest BCUT2D eigenvalue weighted by Crippen LogP contribution is -2.29. The molecule has 0 saturated carbocycles. The molecule has 0 spiro atoms. The minimum absolute atomic E-state index is 0.149. The van der Waals surface area contributed by atoms with E-state index in [-0.39, 0.29) is 16.8 Å². The van der Waals surface area contributed by atoms with Gasteiger partial charge in [-0.15, -0.1) is 0 Å². The lowest BCUT2D eigenvalue weighted by molar-refractivity contribution is 0.0933. The third-order valence-electron chi connectivity index (χ3n) is 5.19. The van der Waals surface area contributed by atoms with E-state index in [0.29, 0.717) is 5.56 Å². The molecule has 0 aliphatic rings. The lowest BCUT2D eigenvalue weighted by atomic mass is 9.98. The van der Waals surface area contributed by atoms with Gasteiger partial charge in [0.1, 0.15) is 0 Å². The summed E-state index contributed by atoms with van der Waals surface area (Å²) >= 11 is 0. The first-order chi connectivity index (χ1) is 14.3. The molecule has 0 aliphatic carbocycles. The standard InChI is InChI=1S/C25H27NO3S/c1-19-16-17-22(30(2,28)29)18-23(19)25(27)26-24(21-13-7-4-8-14-21)15-9-12-20-10-5-3-6-11-20/h3-8,10-11,13-14,16-18,24H,9,12,15H2,1-2H3,(H,26,27). The fraction of sp³-hybridized carbons (Fsp3) is 0.240. The van der Waals surface area contributed by atoms with Gasteiger partial charge in [0.2, 0.25) is 0 Å². The number of sulfone groups is 1. The minimum Gasteiger partial charge on any atom is -0.345 e. The highest BCUT2D eigenvalue weighted by Gasteiger charge is 2.19. The Morgan fingerprint density at radius 1 is 0.933 bits per heavy atom. The summed E-state index contributed by atoms with van der Waals surface area (Å²) in [5, 5.41) is 3.12. The van der Waals surface area contributed by atoms with Gasteiger partial charge in [0.15, 0.2) is 9.84 Å². The maximum absolute atomic E-state index is 13.1. The number of carbonyl (C=O) groups excluding carboxylic acids is 1. The second-order valence-electron chi connectivity index (χ2n) is 7.56. The van der Waals surface area contributed by atoms with E-state index < -0.39 is 9.84 Å². The summed E-state index contributed by atoms with van der Waals surface area (Å²) in [5.41, 5.74) is 3.45. The van der Waals surface area contributed by atoms with Crippen molar-refractivity contribution in [2.75, 3.05) is 6.26 Å². The van der Waals surface area contributed by atoms with Crippen LogP contribution in [0.3, 0.4) is 0 Å². The van der Waals surface area contributed by atoms with Crippen molar-refractivity contribution >= 4 is 15.7 Å². The SMILES string of the molecule is Cc1ccc(S(C)(=O)=O)cc1C(=O)NC(CCCc1ccccc1)c1ccccc1. The molecule has 5 heteroatoms. The fourth-order valence-electron chi connectivity index (χ4n) is 3.47. The van der Waals surface area contributed by atoms with Crippen LogP contribution in [0.2, 0.25) is 0 Å². The molecule has 1 unspecified atom stereocenters. The maximum Gasteiger partial charge on any atom is 0.252 e. The van der Waals surface area contributed by atoms with E-state index in [1.807, 2.05) is 55.5 Å². The average Bonchev–Trinajstić information content (AvgIpc) is 2.74. The first-order valence-corrected chi connectivity index (χ1v) is 11.9. The zero-order valence-electron chi connectivity index (χ0n) is 17.3. The van der Waals surface area contributed by atoms with Crippen molar-refractivity contribution in [3.63, 3.8) is 0 Å². The van der Waals surface area contributed by atoms with Gasteiger partial charge in [-0.25, -0.2) is 8.42 Å². The van der Waals surface area contributed by atoms with E-state index in [1.165, 1.54) is 17.7 Å². The molecule has 0 aliphatic heterocycles. The lowest BCUT2D eigenvalue weighted by Gasteiger charge is -2.20. The first kappa shape index (κ1) is 21.8. The Morgan fingerprint density at radius 3 is 2.20 bits per heavy atom. The van der Waals surface area contributed by atoms with E-state index in [1.54, 1.807) is 6.07 Å². The minimum atomic E-state index is -3.38. The van der Waals surface area contributed by atoms with Crippen molar-refractivity contribution in [3.8, 4) is 0 Å². The molecule has 3 aromatic carbocycles. The highest BCUT2D eigenvalue weighted by Crippen LogP contribution is 2.22. The van der Waals surface area contributed by atoms with Gasteiger partial charge in [-0.3, -0.25) is 4.79 Å². The predicted octanol–water partition coefficient (Wildman–Crippen LogP) is 4.89. The molecular formula is C25H27NO3S. The van der Waals surface area contributed by atoms with Gasteiger partial charge in [-0.2, -0.15) is 0 Å². The Morgan fingerprint density at radius 2 is 1.57 bits per heavy atom. The van der Waals surface area contributed by atoms with Crippen molar-refractivity contribution in [3.05, 3.63) is 101 Å². The molecule has 4 nitrogen and oxygen atoms in total. The quantitative estimate of drug-likeness (QED) is 0.563. The van der Waals surface area contributed by atoms with Gasteiger partial charge in [0.05, 0.1) is 10.9 Å². The van der Waals surface area contributed by atoms with Crippen molar-refractivity contribution < 1.29 is 13.2 Å². The fourth-order valence-corrected chi connectivity index (χ4v) is 4.12. The molecule has 0 heterocycles. The summed E-state index contributed by atoms with van der Waals surface area (Å²) < 4.78 is 23.8. The third-order valence-corrected chi connectivity index (χ3v) is 6.30. The van der Waals surface area contributed by atoms with Crippen molar-refractivity contribution in [1.82, 2.24) is 5.32 Å². The van der Waals surface area contributed by atoms with Crippen LogP contribution in [0.5, 0.6) is 0 Å². The molecule has 1 amide bonds. The maximum atomic E-state index is 13.1. The number of carbonyl (C=O) groups is 1. The van der Waals surface area contributed by atoms with Crippen LogP contribution in [0.4, 0.5) is 0 Å². The van der Waals surface area contributed by atoms with E-state index in [9.17, 15) is 13.2 Å². The van der Waals surface area contributed by atoms with Crippen LogP contribution < -0.4 is 5.32 Å². The van der Waals surface area contributed by atoms with Gasteiger partial charge in [-0.1, -0.05) is 66.7 Å². The number of nitrogens with one attached hydrogen (secondary N) is 1. The van der Waals surface area contributed by atoms with E-state index in [2.05, 4.69) is 17.4 Å². The molecule has 0 aromatic heterocycles. The number of hydrogen-bond acceptors (Lipinski definition) is 3. The van der Waals surface area contributed by atoms with Crippen molar-refractivity contribution in [1.29, 1.82) is 0 Å². The summed E-state index contributed by atoms with van der Waals surface area (Å²) in [6, 6.07) is 24.7. The number of hydrogen-bond donors (Lipinski definition) is 1. The Kier molecular flexibility index (Phi) is 7.06. The smallest absolute Gasteiger partial charge is 0.252 e. The number of benzene rings is 3. The van der Waals surface area contributed by atoms with Gasteiger partial charge in [-0.05, 0) is 55.0 Å². The van der Waals surface area contributed by atoms with E-state index in [4.69, 9.17) is 0 Å². The molecule has 156 valence electrons. The average molecular weight is 422 g/mol. The van der Waals surface area contributed by atoms with Crippen molar-refractivity contribution in [2.24, 2.45) is 0 Å². The summed E-state index contributed by atoms with van der Waals surface area (Å²) in [6.45, 7) is 1.81. The monoisotopic (exact) mass is 421 g/mol. The van der Waals surface area contributed by atoms with E-state index in [0.717, 1.165) is 36.6 Å². The van der Waals surface area contributed by atoms with E-state index >= 15 is 0 Å². The number of aryl methyl sites for hydroxylation is 2. The summed E-state index contributed by atoms with van der Waals surface area (Å²) in [6.07, 6.45) is 3.79. The zero-order valence-corrected chi connectivity index (χ0v) is 18.2. The molecule has 3 rings (SSSR count). The van der Waals surface area contributed by atoms with Crippen LogP contribution in [-0.2, 0) is 16.3 Å². The molecule has 1 atom stereocenters. The third kappa shape index (κ3) is 5.80. The van der Waals surface area contributed by atoms with Crippen LogP contribution in [0.1, 0.15) is 45.9 Å².